The minimum atomic E-state index is 0.157. The molecule has 0 saturated carbocycles. The summed E-state index contributed by atoms with van der Waals surface area (Å²) in [5.41, 5.74) is 5.13. The van der Waals surface area contributed by atoms with Crippen molar-refractivity contribution in [2.24, 2.45) is 0 Å². The second kappa shape index (κ2) is 5.18. The van der Waals surface area contributed by atoms with Gasteiger partial charge < -0.3 is 5.32 Å². The first kappa shape index (κ1) is 11.2. The lowest BCUT2D eigenvalue weighted by atomic mass is 10.1. The van der Waals surface area contributed by atoms with Crippen molar-refractivity contribution in [2.45, 2.75) is 19.9 Å². The van der Waals surface area contributed by atoms with E-state index in [4.69, 9.17) is 0 Å². The van der Waals surface area contributed by atoms with Crippen LogP contribution in [0.3, 0.4) is 0 Å². The molecule has 0 bridgehead atoms. The zero-order chi connectivity index (χ0) is 11.4. The topological polar surface area (TPSA) is 37.8 Å². The van der Waals surface area contributed by atoms with Crippen LogP contribution in [0.5, 0.6) is 0 Å². The van der Waals surface area contributed by atoms with Crippen LogP contribution in [-0.2, 0) is 0 Å². The number of pyridine rings is 1. The number of rotatable bonds is 4. The van der Waals surface area contributed by atoms with Gasteiger partial charge in [-0.3, -0.25) is 4.98 Å². The molecule has 1 N–H and O–H groups in total. The van der Waals surface area contributed by atoms with Crippen molar-refractivity contribution < 1.29 is 0 Å². The largest absolute Gasteiger partial charge is 0.305 e. The molecule has 0 aliphatic carbocycles. The molecule has 2 heterocycles. The first-order chi connectivity index (χ1) is 7.81. The van der Waals surface area contributed by atoms with Crippen molar-refractivity contribution in [2.75, 3.05) is 6.54 Å². The Morgan fingerprint density at radius 3 is 2.81 bits per heavy atom. The highest BCUT2D eigenvalue weighted by Gasteiger charge is 2.14. The molecule has 0 radical (unpaired) electrons. The predicted molar refractivity (Wildman–Crippen MR) is 66.6 cm³/mol. The number of thiazole rings is 1. The first-order valence-electron chi connectivity index (χ1n) is 5.35. The van der Waals surface area contributed by atoms with E-state index in [2.05, 4.69) is 33.7 Å². The summed E-state index contributed by atoms with van der Waals surface area (Å²) in [5.74, 6) is 0. The smallest absolute Gasteiger partial charge is 0.0795 e. The van der Waals surface area contributed by atoms with Gasteiger partial charge in [-0.25, -0.2) is 4.98 Å². The lowest BCUT2D eigenvalue weighted by Gasteiger charge is -2.15. The molecule has 2 aromatic heterocycles. The zero-order valence-electron chi connectivity index (χ0n) is 9.47. The van der Waals surface area contributed by atoms with E-state index >= 15 is 0 Å². The van der Waals surface area contributed by atoms with Gasteiger partial charge in [0.25, 0.3) is 0 Å². The molecule has 0 spiro atoms. The summed E-state index contributed by atoms with van der Waals surface area (Å²) in [7, 11) is 0. The minimum absolute atomic E-state index is 0.157. The molecule has 1 atom stereocenters. The van der Waals surface area contributed by atoms with Gasteiger partial charge in [-0.1, -0.05) is 13.0 Å². The molecule has 3 nitrogen and oxygen atoms in total. The number of aromatic nitrogens is 2. The van der Waals surface area contributed by atoms with E-state index in [-0.39, 0.29) is 6.04 Å². The van der Waals surface area contributed by atoms with E-state index in [0.29, 0.717) is 0 Å². The molecule has 1 unspecified atom stereocenters. The van der Waals surface area contributed by atoms with Crippen LogP contribution in [-0.4, -0.2) is 16.5 Å². The summed E-state index contributed by atoms with van der Waals surface area (Å²) in [6.07, 6.45) is 1.92. The number of nitrogens with zero attached hydrogens (tertiary/aromatic N) is 2. The highest BCUT2D eigenvalue weighted by atomic mass is 32.1. The Hall–Kier alpha value is -1.26. The van der Waals surface area contributed by atoms with Crippen LogP contribution in [0, 0.1) is 6.92 Å². The SMILES string of the molecule is CCNC(c1ccc(C)nc1)c1cscn1. The fraction of sp³-hybridized carbons (Fsp3) is 0.333. The summed E-state index contributed by atoms with van der Waals surface area (Å²) in [6, 6.07) is 4.30. The van der Waals surface area contributed by atoms with Gasteiger partial charge in [0.2, 0.25) is 0 Å². The fourth-order valence-corrected chi connectivity index (χ4v) is 2.19. The maximum atomic E-state index is 4.36. The highest BCUT2D eigenvalue weighted by Crippen LogP contribution is 2.21. The lowest BCUT2D eigenvalue weighted by molar-refractivity contribution is 0.616. The van der Waals surface area contributed by atoms with Gasteiger partial charge in [0.1, 0.15) is 0 Å². The van der Waals surface area contributed by atoms with E-state index in [1.807, 2.05) is 24.7 Å². The summed E-state index contributed by atoms with van der Waals surface area (Å²) in [4.78, 5) is 8.69. The normalized spacial score (nSPS) is 12.6. The second-order valence-electron chi connectivity index (χ2n) is 3.64. The molecule has 0 aliphatic heterocycles. The lowest BCUT2D eigenvalue weighted by Crippen LogP contribution is -2.22. The molecule has 2 rings (SSSR count). The maximum Gasteiger partial charge on any atom is 0.0795 e. The molecule has 2 aromatic rings. The van der Waals surface area contributed by atoms with Crippen LogP contribution in [0.2, 0.25) is 0 Å². The molecule has 0 amide bonds. The minimum Gasteiger partial charge on any atom is -0.305 e. The maximum absolute atomic E-state index is 4.36. The van der Waals surface area contributed by atoms with Crippen LogP contribution in [0.4, 0.5) is 0 Å². The Balaban J connectivity index is 2.29. The number of hydrogen-bond donors (Lipinski definition) is 1. The van der Waals surface area contributed by atoms with E-state index in [1.54, 1.807) is 11.3 Å². The Morgan fingerprint density at radius 2 is 2.25 bits per heavy atom. The van der Waals surface area contributed by atoms with Crippen molar-refractivity contribution in [3.8, 4) is 0 Å². The molecule has 84 valence electrons. The Bertz CT molecular complexity index is 422. The molecule has 0 fully saturated rings. The standard InChI is InChI=1S/C12H15N3S/c1-3-13-12(11-7-16-8-15-11)10-5-4-9(2)14-6-10/h4-8,12-13H,3H2,1-2H3. The summed E-state index contributed by atoms with van der Waals surface area (Å²) >= 11 is 1.62. The quantitative estimate of drug-likeness (QED) is 0.882. The Labute approximate surface area is 99.6 Å². The molecular weight excluding hydrogens is 218 g/mol. The van der Waals surface area contributed by atoms with Crippen molar-refractivity contribution >= 4 is 11.3 Å². The number of aryl methyl sites for hydroxylation is 1. The van der Waals surface area contributed by atoms with E-state index in [0.717, 1.165) is 17.9 Å². The van der Waals surface area contributed by atoms with Crippen molar-refractivity contribution in [1.29, 1.82) is 0 Å². The summed E-state index contributed by atoms with van der Waals surface area (Å²) in [6.45, 7) is 5.01. The van der Waals surface area contributed by atoms with Gasteiger partial charge in [0.15, 0.2) is 0 Å². The van der Waals surface area contributed by atoms with Crippen LogP contribution >= 0.6 is 11.3 Å². The average Bonchev–Trinajstić information content (AvgIpc) is 2.81. The number of hydrogen-bond acceptors (Lipinski definition) is 4. The second-order valence-corrected chi connectivity index (χ2v) is 4.36. The molecule has 16 heavy (non-hydrogen) atoms. The van der Waals surface area contributed by atoms with Gasteiger partial charge in [0, 0.05) is 17.3 Å². The molecule has 0 saturated heterocycles. The third-order valence-corrected chi connectivity index (χ3v) is 3.03. The fourth-order valence-electron chi connectivity index (χ4n) is 1.61. The molecule has 0 aromatic carbocycles. The Morgan fingerprint density at radius 1 is 1.38 bits per heavy atom. The van der Waals surface area contributed by atoms with Gasteiger partial charge in [-0.2, -0.15) is 0 Å². The van der Waals surface area contributed by atoms with Gasteiger partial charge in [0.05, 0.1) is 17.2 Å². The molecule has 0 aliphatic rings. The van der Waals surface area contributed by atoms with Crippen LogP contribution < -0.4 is 5.32 Å². The molecular formula is C12H15N3S. The van der Waals surface area contributed by atoms with Crippen LogP contribution in [0.15, 0.2) is 29.2 Å². The monoisotopic (exact) mass is 233 g/mol. The predicted octanol–water partition coefficient (Wildman–Crippen LogP) is 2.55. The van der Waals surface area contributed by atoms with Gasteiger partial charge in [-0.15, -0.1) is 11.3 Å². The summed E-state index contributed by atoms with van der Waals surface area (Å²) in [5, 5.41) is 5.50. The van der Waals surface area contributed by atoms with Crippen molar-refractivity contribution in [1.82, 2.24) is 15.3 Å². The number of nitrogens with one attached hydrogen (secondary N) is 1. The first-order valence-corrected chi connectivity index (χ1v) is 6.29. The van der Waals surface area contributed by atoms with Crippen molar-refractivity contribution in [3.05, 3.63) is 46.2 Å². The third kappa shape index (κ3) is 2.46. The summed E-state index contributed by atoms with van der Waals surface area (Å²) < 4.78 is 0. The van der Waals surface area contributed by atoms with Crippen LogP contribution in [0.25, 0.3) is 0 Å². The highest BCUT2D eigenvalue weighted by molar-refractivity contribution is 7.07. The average molecular weight is 233 g/mol. The van der Waals surface area contributed by atoms with E-state index in [9.17, 15) is 0 Å². The Kier molecular flexibility index (Phi) is 3.64. The van der Waals surface area contributed by atoms with Gasteiger partial charge >= 0.3 is 0 Å². The van der Waals surface area contributed by atoms with E-state index in [1.165, 1.54) is 5.56 Å². The van der Waals surface area contributed by atoms with Gasteiger partial charge in [-0.05, 0) is 25.1 Å². The third-order valence-electron chi connectivity index (χ3n) is 2.42. The van der Waals surface area contributed by atoms with E-state index < -0.39 is 0 Å². The van der Waals surface area contributed by atoms with Crippen molar-refractivity contribution in [3.63, 3.8) is 0 Å². The van der Waals surface area contributed by atoms with Crippen LogP contribution in [0.1, 0.15) is 29.9 Å². The molecule has 4 heteroatoms. The zero-order valence-corrected chi connectivity index (χ0v) is 10.3.